The third-order valence-electron chi connectivity index (χ3n) is 5.03. The molecule has 3 aromatic rings. The van der Waals surface area contributed by atoms with Crippen molar-refractivity contribution >= 4 is 5.96 Å². The van der Waals surface area contributed by atoms with E-state index in [-0.39, 0.29) is 0 Å². The van der Waals surface area contributed by atoms with Gasteiger partial charge in [-0.15, -0.1) is 0 Å². The molecule has 0 spiro atoms. The Morgan fingerprint density at radius 2 is 1.77 bits per heavy atom. The van der Waals surface area contributed by atoms with Crippen LogP contribution in [0.15, 0.2) is 53.5 Å². The second-order valence-corrected chi connectivity index (χ2v) is 7.04. The third kappa shape index (κ3) is 5.11. The van der Waals surface area contributed by atoms with E-state index in [1.807, 2.05) is 48.0 Å². The highest BCUT2D eigenvalue weighted by atomic mass is 16.5. The summed E-state index contributed by atoms with van der Waals surface area (Å²) in [6, 6.07) is 16.0. The lowest BCUT2D eigenvalue weighted by Gasteiger charge is -2.09. The maximum Gasteiger partial charge on any atom is 0.189 e. The van der Waals surface area contributed by atoms with Crippen molar-refractivity contribution < 1.29 is 9.47 Å². The van der Waals surface area contributed by atoms with Gasteiger partial charge in [0.25, 0.3) is 0 Å². The standard InChI is InChI=1S/C23H29N5O2/c1-16-20(17(2)28(27-16)15-18-8-6-5-7-9-18)14-26-23(24)25-13-19-10-11-21(29-3)22(12-19)30-4/h5-12H,13-15H2,1-4H3,(H3,24,25,26). The Bertz CT molecular complexity index is 1010. The molecule has 0 aliphatic carbocycles. The van der Waals surface area contributed by atoms with E-state index in [1.54, 1.807) is 14.2 Å². The van der Waals surface area contributed by atoms with Gasteiger partial charge in [-0.1, -0.05) is 36.4 Å². The first kappa shape index (κ1) is 21.2. The summed E-state index contributed by atoms with van der Waals surface area (Å²) in [6.07, 6.45) is 0. The number of hydrogen-bond donors (Lipinski definition) is 2. The normalized spacial score (nSPS) is 11.4. The number of benzene rings is 2. The Balaban J connectivity index is 1.62. The summed E-state index contributed by atoms with van der Waals surface area (Å²) in [5.74, 6) is 1.75. The lowest BCUT2D eigenvalue weighted by atomic mass is 10.2. The van der Waals surface area contributed by atoms with Crippen molar-refractivity contribution in [1.82, 2.24) is 15.1 Å². The SMILES string of the molecule is COc1ccc(CN=C(N)NCc2c(C)nn(Cc3ccccc3)c2C)cc1OC. The van der Waals surface area contributed by atoms with Crippen LogP contribution in [0.5, 0.6) is 11.5 Å². The Hall–Kier alpha value is -3.48. The number of rotatable bonds is 8. The molecule has 0 amide bonds. The second kappa shape index (κ2) is 9.82. The summed E-state index contributed by atoms with van der Waals surface area (Å²) < 4.78 is 12.6. The number of aliphatic imine (C=N–C) groups is 1. The Morgan fingerprint density at radius 3 is 2.47 bits per heavy atom. The van der Waals surface area contributed by atoms with E-state index in [4.69, 9.17) is 15.2 Å². The number of ether oxygens (including phenoxy) is 2. The fraction of sp³-hybridized carbons (Fsp3) is 0.304. The molecule has 0 saturated carbocycles. The van der Waals surface area contributed by atoms with Gasteiger partial charge in [0.05, 0.1) is 33.0 Å². The lowest BCUT2D eigenvalue weighted by Crippen LogP contribution is -2.31. The van der Waals surface area contributed by atoms with Crippen molar-refractivity contribution in [2.24, 2.45) is 10.7 Å². The summed E-state index contributed by atoms with van der Waals surface area (Å²) in [5, 5.41) is 7.88. The van der Waals surface area contributed by atoms with Gasteiger partial charge in [0.15, 0.2) is 17.5 Å². The van der Waals surface area contributed by atoms with Crippen LogP contribution in [-0.2, 0) is 19.6 Å². The van der Waals surface area contributed by atoms with Crippen LogP contribution in [0.4, 0.5) is 0 Å². The van der Waals surface area contributed by atoms with E-state index in [0.717, 1.165) is 29.1 Å². The summed E-state index contributed by atoms with van der Waals surface area (Å²) in [4.78, 5) is 4.43. The average molecular weight is 408 g/mol. The molecule has 0 bridgehead atoms. The molecule has 7 nitrogen and oxygen atoms in total. The summed E-state index contributed by atoms with van der Waals surface area (Å²) in [7, 11) is 3.23. The Morgan fingerprint density at radius 1 is 1.03 bits per heavy atom. The Kier molecular flexibility index (Phi) is 6.95. The van der Waals surface area contributed by atoms with Crippen molar-refractivity contribution in [3.8, 4) is 11.5 Å². The van der Waals surface area contributed by atoms with Crippen LogP contribution in [0.25, 0.3) is 0 Å². The van der Waals surface area contributed by atoms with Gasteiger partial charge in [0, 0.05) is 17.8 Å². The number of nitrogens with zero attached hydrogens (tertiary/aromatic N) is 3. The zero-order valence-electron chi connectivity index (χ0n) is 18.0. The quantitative estimate of drug-likeness (QED) is 0.442. The van der Waals surface area contributed by atoms with Gasteiger partial charge < -0.3 is 20.5 Å². The number of hydrogen-bond acceptors (Lipinski definition) is 4. The van der Waals surface area contributed by atoms with E-state index < -0.39 is 0 Å². The molecule has 1 heterocycles. The van der Waals surface area contributed by atoms with Crippen LogP contribution in [-0.4, -0.2) is 30.0 Å². The highest BCUT2D eigenvalue weighted by molar-refractivity contribution is 5.77. The van der Waals surface area contributed by atoms with Crippen LogP contribution in [0.1, 0.15) is 28.1 Å². The molecule has 30 heavy (non-hydrogen) atoms. The summed E-state index contributed by atoms with van der Waals surface area (Å²) in [5.41, 5.74) is 11.5. The van der Waals surface area contributed by atoms with Crippen LogP contribution >= 0.6 is 0 Å². The molecule has 0 saturated heterocycles. The molecule has 7 heteroatoms. The first-order valence-corrected chi connectivity index (χ1v) is 9.83. The predicted octanol–water partition coefficient (Wildman–Crippen LogP) is 3.17. The zero-order chi connectivity index (χ0) is 21.5. The highest BCUT2D eigenvalue weighted by Crippen LogP contribution is 2.27. The third-order valence-corrected chi connectivity index (χ3v) is 5.03. The van der Waals surface area contributed by atoms with Gasteiger partial charge in [-0.25, -0.2) is 4.99 Å². The van der Waals surface area contributed by atoms with E-state index >= 15 is 0 Å². The number of aryl methyl sites for hydroxylation is 1. The Labute approximate surface area is 177 Å². The van der Waals surface area contributed by atoms with E-state index in [1.165, 1.54) is 5.56 Å². The van der Waals surface area contributed by atoms with E-state index in [2.05, 4.69) is 34.5 Å². The molecule has 158 valence electrons. The molecular formula is C23H29N5O2. The van der Waals surface area contributed by atoms with Crippen LogP contribution < -0.4 is 20.5 Å². The molecule has 0 atom stereocenters. The van der Waals surface area contributed by atoms with Gasteiger partial charge in [0.2, 0.25) is 0 Å². The van der Waals surface area contributed by atoms with Crippen molar-refractivity contribution in [2.75, 3.05) is 14.2 Å². The van der Waals surface area contributed by atoms with E-state index in [9.17, 15) is 0 Å². The first-order valence-electron chi connectivity index (χ1n) is 9.83. The average Bonchev–Trinajstić information content (AvgIpc) is 3.03. The summed E-state index contributed by atoms with van der Waals surface area (Å²) in [6.45, 7) is 5.87. The number of methoxy groups -OCH3 is 2. The second-order valence-electron chi connectivity index (χ2n) is 7.04. The number of nitrogens with one attached hydrogen (secondary N) is 1. The van der Waals surface area contributed by atoms with Crippen molar-refractivity contribution in [2.45, 2.75) is 33.5 Å². The molecule has 0 fully saturated rings. The van der Waals surface area contributed by atoms with Gasteiger partial charge >= 0.3 is 0 Å². The minimum atomic E-state index is 0.388. The number of nitrogens with two attached hydrogens (primary N) is 1. The lowest BCUT2D eigenvalue weighted by molar-refractivity contribution is 0.354. The smallest absolute Gasteiger partial charge is 0.189 e. The van der Waals surface area contributed by atoms with Crippen LogP contribution in [0.3, 0.4) is 0 Å². The van der Waals surface area contributed by atoms with Gasteiger partial charge in [0.1, 0.15) is 0 Å². The van der Waals surface area contributed by atoms with Gasteiger partial charge in [-0.05, 0) is 37.1 Å². The highest BCUT2D eigenvalue weighted by Gasteiger charge is 2.12. The molecule has 0 unspecified atom stereocenters. The van der Waals surface area contributed by atoms with Crippen molar-refractivity contribution in [1.29, 1.82) is 0 Å². The van der Waals surface area contributed by atoms with Crippen LogP contribution in [0.2, 0.25) is 0 Å². The molecule has 0 aliphatic rings. The zero-order valence-corrected chi connectivity index (χ0v) is 18.0. The number of guanidine groups is 1. The molecular weight excluding hydrogens is 378 g/mol. The monoisotopic (exact) mass is 407 g/mol. The number of aromatic nitrogens is 2. The maximum absolute atomic E-state index is 6.08. The van der Waals surface area contributed by atoms with Gasteiger partial charge in [-0.2, -0.15) is 5.10 Å². The topological polar surface area (TPSA) is 86.7 Å². The fourth-order valence-corrected chi connectivity index (χ4v) is 3.29. The summed E-state index contributed by atoms with van der Waals surface area (Å²) >= 11 is 0. The minimum absolute atomic E-state index is 0.388. The van der Waals surface area contributed by atoms with Gasteiger partial charge in [-0.3, -0.25) is 4.68 Å². The first-order chi connectivity index (χ1) is 14.5. The predicted molar refractivity (Wildman–Crippen MR) is 119 cm³/mol. The molecule has 0 aliphatic heterocycles. The van der Waals surface area contributed by atoms with E-state index in [0.29, 0.717) is 30.5 Å². The molecule has 3 rings (SSSR count). The largest absolute Gasteiger partial charge is 0.493 e. The molecule has 1 aromatic heterocycles. The van der Waals surface area contributed by atoms with Crippen molar-refractivity contribution in [3.05, 3.63) is 76.6 Å². The maximum atomic E-state index is 6.08. The van der Waals surface area contributed by atoms with Crippen molar-refractivity contribution in [3.63, 3.8) is 0 Å². The molecule has 2 aromatic carbocycles. The minimum Gasteiger partial charge on any atom is -0.493 e. The molecule has 0 radical (unpaired) electrons. The fourth-order valence-electron chi connectivity index (χ4n) is 3.29. The van der Waals surface area contributed by atoms with Crippen LogP contribution in [0, 0.1) is 13.8 Å². The molecule has 3 N–H and O–H groups in total.